The number of hydrogen-bond donors (Lipinski definition) is 3. The zero-order valence-electron chi connectivity index (χ0n) is 16.5. The first kappa shape index (κ1) is 25.0. The Bertz CT molecular complexity index is 191. The van der Waals surface area contributed by atoms with Gasteiger partial charge in [0.2, 0.25) is 0 Å². The van der Waals surface area contributed by atoms with Crippen LogP contribution in [0.3, 0.4) is 0 Å². The van der Waals surface area contributed by atoms with Crippen LogP contribution >= 0.6 is 0 Å². The molecule has 0 fully saturated rings. The van der Waals surface area contributed by atoms with Crippen LogP contribution in [0, 0.1) is 0 Å². The highest BCUT2D eigenvalue weighted by Gasteiger charge is 1.94. The number of rotatable bonds is 14. The zero-order chi connectivity index (χ0) is 17.9. The SMILES string of the molecule is CN(C)CCCNCCCN(C)C.CN(CCCN)CCCN. The average molecular weight is 333 g/mol. The van der Waals surface area contributed by atoms with Crippen LogP contribution in [-0.4, -0.2) is 102 Å². The number of nitrogens with zero attached hydrogens (tertiary/aromatic N) is 3. The molecular formula is C17H44N6. The first-order valence-corrected chi connectivity index (χ1v) is 9.02. The summed E-state index contributed by atoms with van der Waals surface area (Å²) in [7, 11) is 10.6. The van der Waals surface area contributed by atoms with Crippen molar-refractivity contribution in [3.8, 4) is 0 Å². The molecule has 0 unspecified atom stereocenters. The van der Waals surface area contributed by atoms with Crippen LogP contribution in [0.5, 0.6) is 0 Å². The van der Waals surface area contributed by atoms with Gasteiger partial charge in [0.05, 0.1) is 0 Å². The minimum absolute atomic E-state index is 0.785. The topological polar surface area (TPSA) is 73.8 Å². The molecule has 0 atom stereocenters. The van der Waals surface area contributed by atoms with E-state index in [0.717, 1.165) is 52.1 Å². The van der Waals surface area contributed by atoms with Gasteiger partial charge in [-0.05, 0) is 113 Å². The standard InChI is InChI=1S/C10H25N3.C7H19N3/c1-12(2)9-5-7-11-8-6-10-13(3)4;1-10(6-2-4-8)7-3-5-9/h11H,5-10H2,1-4H3;2-9H2,1H3. The molecule has 0 aromatic carbocycles. The highest BCUT2D eigenvalue weighted by atomic mass is 15.1. The number of hydrogen-bond acceptors (Lipinski definition) is 6. The van der Waals surface area contributed by atoms with Crippen LogP contribution in [0.15, 0.2) is 0 Å². The van der Waals surface area contributed by atoms with Crippen molar-refractivity contribution in [1.29, 1.82) is 0 Å². The van der Waals surface area contributed by atoms with Crippen LogP contribution in [-0.2, 0) is 0 Å². The average Bonchev–Trinajstić information content (AvgIpc) is 2.50. The lowest BCUT2D eigenvalue weighted by molar-refractivity contribution is 0.329. The molecule has 0 saturated carbocycles. The van der Waals surface area contributed by atoms with Crippen LogP contribution in [0.2, 0.25) is 0 Å². The van der Waals surface area contributed by atoms with Crippen molar-refractivity contribution in [2.24, 2.45) is 11.5 Å². The fourth-order valence-electron chi connectivity index (χ4n) is 2.00. The highest BCUT2D eigenvalue weighted by Crippen LogP contribution is 1.87. The second-order valence-corrected chi connectivity index (χ2v) is 6.65. The molecule has 0 bridgehead atoms. The maximum absolute atomic E-state index is 5.35. The van der Waals surface area contributed by atoms with Crippen molar-refractivity contribution >= 4 is 0 Å². The predicted molar refractivity (Wildman–Crippen MR) is 104 cm³/mol. The van der Waals surface area contributed by atoms with E-state index in [1.54, 1.807) is 0 Å². The Labute approximate surface area is 145 Å². The molecular weight excluding hydrogens is 288 g/mol. The Hall–Kier alpha value is -0.240. The minimum Gasteiger partial charge on any atom is -0.330 e. The maximum atomic E-state index is 5.35. The largest absolute Gasteiger partial charge is 0.330 e. The molecule has 0 rings (SSSR count). The Morgan fingerprint density at radius 3 is 1.30 bits per heavy atom. The third-order valence-corrected chi connectivity index (χ3v) is 3.41. The van der Waals surface area contributed by atoms with Gasteiger partial charge >= 0.3 is 0 Å². The smallest absolute Gasteiger partial charge is 0.000976 e. The predicted octanol–water partition coefficient (Wildman–Crippen LogP) is 0.0952. The zero-order valence-corrected chi connectivity index (χ0v) is 16.5. The number of nitrogens with two attached hydrogens (primary N) is 2. The van der Waals surface area contributed by atoms with Gasteiger partial charge in [0.15, 0.2) is 0 Å². The minimum atomic E-state index is 0.785. The van der Waals surface area contributed by atoms with Crippen molar-refractivity contribution in [3.63, 3.8) is 0 Å². The first-order valence-electron chi connectivity index (χ1n) is 9.02. The fraction of sp³-hybridized carbons (Fsp3) is 1.00. The highest BCUT2D eigenvalue weighted by molar-refractivity contribution is 4.53. The summed E-state index contributed by atoms with van der Waals surface area (Å²) in [5.41, 5.74) is 10.7. The molecule has 0 aromatic heterocycles. The molecule has 0 aliphatic rings. The normalized spacial score (nSPS) is 11.2. The molecule has 0 aliphatic heterocycles. The Kier molecular flexibility index (Phi) is 21.5. The molecule has 0 amide bonds. The van der Waals surface area contributed by atoms with E-state index in [9.17, 15) is 0 Å². The molecule has 0 aromatic rings. The van der Waals surface area contributed by atoms with Crippen molar-refractivity contribution < 1.29 is 0 Å². The van der Waals surface area contributed by atoms with E-state index in [-0.39, 0.29) is 0 Å². The quantitative estimate of drug-likeness (QED) is 0.392. The molecule has 0 saturated heterocycles. The van der Waals surface area contributed by atoms with E-state index < -0.39 is 0 Å². The summed E-state index contributed by atoms with van der Waals surface area (Å²) in [6.07, 6.45) is 4.66. The molecule has 23 heavy (non-hydrogen) atoms. The summed E-state index contributed by atoms with van der Waals surface area (Å²) in [5.74, 6) is 0. The second kappa shape index (κ2) is 19.8. The van der Waals surface area contributed by atoms with E-state index in [2.05, 4.69) is 55.3 Å². The summed E-state index contributed by atoms with van der Waals surface area (Å²) < 4.78 is 0. The van der Waals surface area contributed by atoms with E-state index >= 15 is 0 Å². The summed E-state index contributed by atoms with van der Waals surface area (Å²) in [6, 6.07) is 0. The Morgan fingerprint density at radius 1 is 0.609 bits per heavy atom. The van der Waals surface area contributed by atoms with Gasteiger partial charge in [0.25, 0.3) is 0 Å². The van der Waals surface area contributed by atoms with Gasteiger partial charge in [-0.2, -0.15) is 0 Å². The van der Waals surface area contributed by atoms with Gasteiger partial charge < -0.3 is 31.5 Å². The summed E-state index contributed by atoms with van der Waals surface area (Å²) in [5, 5.41) is 3.44. The first-order chi connectivity index (χ1) is 10.9. The molecule has 0 heterocycles. The molecule has 6 heteroatoms. The fourth-order valence-corrected chi connectivity index (χ4v) is 2.00. The van der Waals surface area contributed by atoms with Crippen LogP contribution in [0.1, 0.15) is 25.7 Å². The summed E-state index contributed by atoms with van der Waals surface area (Å²) >= 11 is 0. The lowest BCUT2D eigenvalue weighted by Crippen LogP contribution is -2.24. The summed E-state index contributed by atoms with van der Waals surface area (Å²) in [4.78, 5) is 6.71. The van der Waals surface area contributed by atoms with Crippen LogP contribution in [0.25, 0.3) is 0 Å². The van der Waals surface area contributed by atoms with Crippen molar-refractivity contribution in [1.82, 2.24) is 20.0 Å². The van der Waals surface area contributed by atoms with Crippen LogP contribution in [0.4, 0.5) is 0 Å². The van der Waals surface area contributed by atoms with Gasteiger partial charge in [-0.25, -0.2) is 0 Å². The van der Waals surface area contributed by atoms with E-state index in [0.29, 0.717) is 0 Å². The van der Waals surface area contributed by atoms with Gasteiger partial charge in [0.1, 0.15) is 0 Å². The summed E-state index contributed by atoms with van der Waals surface area (Å²) in [6.45, 7) is 8.41. The Morgan fingerprint density at radius 2 is 1.00 bits per heavy atom. The lowest BCUT2D eigenvalue weighted by Gasteiger charge is -2.14. The number of nitrogens with one attached hydrogen (secondary N) is 1. The monoisotopic (exact) mass is 332 g/mol. The van der Waals surface area contributed by atoms with Crippen LogP contribution < -0.4 is 16.8 Å². The van der Waals surface area contributed by atoms with Crippen molar-refractivity contribution in [3.05, 3.63) is 0 Å². The second-order valence-electron chi connectivity index (χ2n) is 6.65. The van der Waals surface area contributed by atoms with Gasteiger partial charge in [-0.15, -0.1) is 0 Å². The molecule has 5 N–H and O–H groups in total. The molecule has 0 radical (unpaired) electrons. The van der Waals surface area contributed by atoms with E-state index in [1.165, 1.54) is 25.9 Å². The van der Waals surface area contributed by atoms with E-state index in [4.69, 9.17) is 11.5 Å². The molecule has 0 spiro atoms. The Balaban J connectivity index is 0. The molecule has 142 valence electrons. The van der Waals surface area contributed by atoms with E-state index in [1.807, 2.05) is 0 Å². The maximum Gasteiger partial charge on any atom is -0.000976 e. The molecule has 6 nitrogen and oxygen atoms in total. The molecule has 0 aliphatic carbocycles. The van der Waals surface area contributed by atoms with Gasteiger partial charge in [0, 0.05) is 0 Å². The van der Waals surface area contributed by atoms with Crippen molar-refractivity contribution in [2.75, 3.05) is 87.6 Å². The van der Waals surface area contributed by atoms with Gasteiger partial charge in [-0.1, -0.05) is 0 Å². The third kappa shape index (κ3) is 26.9. The lowest BCUT2D eigenvalue weighted by atomic mass is 10.3. The van der Waals surface area contributed by atoms with Gasteiger partial charge in [-0.3, -0.25) is 0 Å². The van der Waals surface area contributed by atoms with Crippen molar-refractivity contribution in [2.45, 2.75) is 25.7 Å². The third-order valence-electron chi connectivity index (χ3n) is 3.41.